The van der Waals surface area contributed by atoms with Gasteiger partial charge in [0.1, 0.15) is 0 Å². The van der Waals surface area contributed by atoms with Gasteiger partial charge in [-0.1, -0.05) is 23.7 Å². The summed E-state index contributed by atoms with van der Waals surface area (Å²) < 4.78 is 0. The standard InChI is InChI=1S/C16H24ClN3O/c1-16(2,13-4-3-5-14(17)12-13)15(21)19-8-11-20-9-6-18-7-10-20/h3-5,12,18H,6-11H2,1-2H3,(H,19,21). The van der Waals surface area contributed by atoms with E-state index >= 15 is 0 Å². The number of nitrogens with zero attached hydrogens (tertiary/aromatic N) is 1. The van der Waals surface area contributed by atoms with Crippen LogP contribution in [0, 0.1) is 0 Å². The molecule has 1 aromatic rings. The highest BCUT2D eigenvalue weighted by Gasteiger charge is 2.29. The Balaban J connectivity index is 1.86. The van der Waals surface area contributed by atoms with Crippen molar-refractivity contribution < 1.29 is 4.79 Å². The molecule has 0 aromatic heterocycles. The van der Waals surface area contributed by atoms with E-state index in [0.29, 0.717) is 11.6 Å². The zero-order valence-electron chi connectivity index (χ0n) is 12.8. The van der Waals surface area contributed by atoms with E-state index in [9.17, 15) is 4.79 Å². The van der Waals surface area contributed by atoms with Gasteiger partial charge in [-0.25, -0.2) is 0 Å². The number of halogens is 1. The molecule has 1 aliphatic rings. The molecule has 0 unspecified atom stereocenters. The van der Waals surface area contributed by atoms with Crippen molar-refractivity contribution in [3.05, 3.63) is 34.9 Å². The van der Waals surface area contributed by atoms with E-state index in [1.807, 2.05) is 38.1 Å². The minimum Gasteiger partial charge on any atom is -0.354 e. The number of rotatable bonds is 5. The minimum absolute atomic E-state index is 0.0416. The molecule has 21 heavy (non-hydrogen) atoms. The van der Waals surface area contributed by atoms with Gasteiger partial charge < -0.3 is 10.6 Å². The lowest BCUT2D eigenvalue weighted by atomic mass is 9.84. The quantitative estimate of drug-likeness (QED) is 0.869. The summed E-state index contributed by atoms with van der Waals surface area (Å²) in [5, 5.41) is 7.03. The van der Waals surface area contributed by atoms with Crippen molar-refractivity contribution in [2.75, 3.05) is 39.3 Å². The highest BCUT2D eigenvalue weighted by Crippen LogP contribution is 2.25. The average molecular weight is 310 g/mol. The Morgan fingerprint density at radius 2 is 2.10 bits per heavy atom. The highest BCUT2D eigenvalue weighted by atomic mass is 35.5. The van der Waals surface area contributed by atoms with Gasteiger partial charge in [0.05, 0.1) is 5.41 Å². The molecule has 116 valence electrons. The molecule has 2 N–H and O–H groups in total. The molecule has 1 fully saturated rings. The molecule has 1 aromatic carbocycles. The fourth-order valence-electron chi connectivity index (χ4n) is 2.49. The number of nitrogens with one attached hydrogen (secondary N) is 2. The first-order valence-electron chi connectivity index (χ1n) is 7.47. The molecule has 1 aliphatic heterocycles. The molecule has 0 atom stereocenters. The lowest BCUT2D eigenvalue weighted by molar-refractivity contribution is -0.125. The van der Waals surface area contributed by atoms with E-state index in [4.69, 9.17) is 11.6 Å². The molecule has 1 amide bonds. The Hall–Kier alpha value is -1.10. The van der Waals surface area contributed by atoms with Crippen LogP contribution in [-0.2, 0) is 10.2 Å². The fraction of sp³-hybridized carbons (Fsp3) is 0.562. The maximum Gasteiger partial charge on any atom is 0.230 e. The monoisotopic (exact) mass is 309 g/mol. The largest absolute Gasteiger partial charge is 0.354 e. The van der Waals surface area contributed by atoms with E-state index in [1.54, 1.807) is 0 Å². The van der Waals surface area contributed by atoms with Crippen molar-refractivity contribution in [2.45, 2.75) is 19.3 Å². The van der Waals surface area contributed by atoms with Crippen LogP contribution in [0.1, 0.15) is 19.4 Å². The van der Waals surface area contributed by atoms with Crippen LogP contribution in [0.5, 0.6) is 0 Å². The van der Waals surface area contributed by atoms with Crippen LogP contribution < -0.4 is 10.6 Å². The van der Waals surface area contributed by atoms with E-state index < -0.39 is 5.41 Å². The number of hydrogen-bond donors (Lipinski definition) is 2. The van der Waals surface area contributed by atoms with E-state index in [-0.39, 0.29) is 5.91 Å². The molecule has 0 saturated carbocycles. The van der Waals surface area contributed by atoms with E-state index in [0.717, 1.165) is 38.3 Å². The van der Waals surface area contributed by atoms with Crippen molar-refractivity contribution in [3.63, 3.8) is 0 Å². The second kappa shape index (κ2) is 7.25. The van der Waals surface area contributed by atoms with Gasteiger partial charge in [-0.05, 0) is 31.5 Å². The van der Waals surface area contributed by atoms with Gasteiger partial charge >= 0.3 is 0 Å². The number of carbonyl (C=O) groups excluding carboxylic acids is 1. The zero-order valence-corrected chi connectivity index (χ0v) is 13.5. The third kappa shape index (κ3) is 4.43. The van der Waals surface area contributed by atoms with E-state index in [1.165, 1.54) is 0 Å². The summed E-state index contributed by atoms with van der Waals surface area (Å²) in [6.07, 6.45) is 0. The summed E-state index contributed by atoms with van der Waals surface area (Å²) in [6.45, 7) is 9.60. The minimum atomic E-state index is -0.575. The van der Waals surface area contributed by atoms with Crippen LogP contribution in [0.4, 0.5) is 0 Å². The highest BCUT2D eigenvalue weighted by molar-refractivity contribution is 6.30. The smallest absolute Gasteiger partial charge is 0.230 e. The summed E-state index contributed by atoms with van der Waals surface area (Å²) in [5.41, 5.74) is 0.364. The average Bonchev–Trinajstić information content (AvgIpc) is 2.48. The van der Waals surface area contributed by atoms with Crippen molar-refractivity contribution in [1.82, 2.24) is 15.5 Å². The molecular formula is C16H24ClN3O. The number of amides is 1. The second-order valence-corrected chi connectivity index (χ2v) is 6.42. The maximum atomic E-state index is 12.4. The molecule has 0 aliphatic carbocycles. The van der Waals surface area contributed by atoms with Crippen LogP contribution in [-0.4, -0.2) is 50.1 Å². The van der Waals surface area contributed by atoms with Gasteiger partial charge in [0.15, 0.2) is 0 Å². The predicted molar refractivity (Wildman–Crippen MR) is 86.8 cm³/mol. The van der Waals surface area contributed by atoms with Gasteiger partial charge in [0.2, 0.25) is 5.91 Å². The van der Waals surface area contributed by atoms with Crippen LogP contribution in [0.25, 0.3) is 0 Å². The molecule has 4 nitrogen and oxygen atoms in total. The molecular weight excluding hydrogens is 286 g/mol. The third-order valence-corrected chi connectivity index (χ3v) is 4.27. The number of carbonyl (C=O) groups is 1. The molecule has 0 spiro atoms. The summed E-state index contributed by atoms with van der Waals surface area (Å²) >= 11 is 6.02. The van der Waals surface area contributed by atoms with Crippen LogP contribution in [0.3, 0.4) is 0 Å². The lowest BCUT2D eigenvalue weighted by Gasteiger charge is -2.28. The van der Waals surface area contributed by atoms with Crippen LogP contribution >= 0.6 is 11.6 Å². The molecule has 2 rings (SSSR count). The normalized spacial score (nSPS) is 16.7. The Kier molecular flexibility index (Phi) is 5.62. The first-order valence-corrected chi connectivity index (χ1v) is 7.85. The Labute approximate surface area is 131 Å². The second-order valence-electron chi connectivity index (χ2n) is 5.98. The summed E-state index contributed by atoms with van der Waals surface area (Å²) in [7, 11) is 0. The van der Waals surface area contributed by atoms with Gasteiger partial charge in [0, 0.05) is 44.3 Å². The molecule has 0 radical (unpaired) electrons. The van der Waals surface area contributed by atoms with Gasteiger partial charge in [0.25, 0.3) is 0 Å². The maximum absolute atomic E-state index is 12.4. The van der Waals surface area contributed by atoms with Crippen LogP contribution in [0.2, 0.25) is 5.02 Å². The van der Waals surface area contributed by atoms with Gasteiger partial charge in [-0.2, -0.15) is 0 Å². The van der Waals surface area contributed by atoms with Crippen molar-refractivity contribution in [2.24, 2.45) is 0 Å². The van der Waals surface area contributed by atoms with E-state index in [2.05, 4.69) is 15.5 Å². The molecule has 1 heterocycles. The summed E-state index contributed by atoms with van der Waals surface area (Å²) in [4.78, 5) is 14.8. The zero-order chi connectivity index (χ0) is 15.3. The van der Waals surface area contributed by atoms with Crippen LogP contribution in [0.15, 0.2) is 24.3 Å². The predicted octanol–water partition coefficient (Wildman–Crippen LogP) is 1.64. The first-order chi connectivity index (χ1) is 10.00. The Morgan fingerprint density at radius 1 is 1.38 bits per heavy atom. The molecule has 1 saturated heterocycles. The van der Waals surface area contributed by atoms with Gasteiger partial charge in [-0.15, -0.1) is 0 Å². The van der Waals surface area contributed by atoms with Crippen molar-refractivity contribution >= 4 is 17.5 Å². The summed E-state index contributed by atoms with van der Waals surface area (Å²) in [5.74, 6) is 0.0416. The number of piperazine rings is 1. The van der Waals surface area contributed by atoms with Gasteiger partial charge in [-0.3, -0.25) is 9.69 Å². The van der Waals surface area contributed by atoms with Crippen molar-refractivity contribution in [1.29, 1.82) is 0 Å². The first kappa shape index (κ1) is 16.3. The topological polar surface area (TPSA) is 44.4 Å². The SMILES string of the molecule is CC(C)(C(=O)NCCN1CCNCC1)c1cccc(Cl)c1. The Bertz CT molecular complexity index is 484. The number of hydrogen-bond acceptors (Lipinski definition) is 3. The molecule has 0 bridgehead atoms. The fourth-order valence-corrected chi connectivity index (χ4v) is 2.68. The lowest BCUT2D eigenvalue weighted by Crippen LogP contribution is -2.48. The van der Waals surface area contributed by atoms with Crippen molar-refractivity contribution in [3.8, 4) is 0 Å². The third-order valence-electron chi connectivity index (χ3n) is 4.04. The number of benzene rings is 1. The Morgan fingerprint density at radius 3 is 2.76 bits per heavy atom. The summed E-state index contributed by atoms with van der Waals surface area (Å²) in [6, 6.07) is 7.51. The molecule has 5 heteroatoms.